The van der Waals surface area contributed by atoms with Crippen molar-refractivity contribution < 1.29 is 41.8 Å². The van der Waals surface area contributed by atoms with Gasteiger partial charge in [0.05, 0.1) is 49.8 Å². The topological polar surface area (TPSA) is 133 Å². The average molecular weight is 688 g/mol. The highest BCUT2D eigenvalue weighted by atomic mass is 31.2. The Morgan fingerprint density at radius 2 is 1.65 bits per heavy atom. The number of ether oxygens (including phenoxy) is 4. The molecule has 0 N–H and O–H groups in total. The summed E-state index contributed by atoms with van der Waals surface area (Å²) in [5.74, 6) is 3.09. The van der Waals surface area contributed by atoms with Crippen molar-refractivity contribution in [1.82, 2.24) is 14.8 Å². The number of hydrogen-bond donors (Lipinski definition) is 0. The highest BCUT2D eigenvalue weighted by molar-refractivity contribution is 7.57. The van der Waals surface area contributed by atoms with E-state index in [1.165, 1.54) is 12.9 Å². The van der Waals surface area contributed by atoms with Gasteiger partial charge in [0.2, 0.25) is 11.8 Å². The van der Waals surface area contributed by atoms with Crippen LogP contribution in [-0.2, 0) is 31.6 Å². The van der Waals surface area contributed by atoms with Crippen LogP contribution in [-0.4, -0.2) is 48.2 Å². The number of hydrogen-bond acceptors (Lipinski definition) is 11. The first-order valence-electron chi connectivity index (χ1n) is 15.6. The Kier molecular flexibility index (Phi) is 11.7. The van der Waals surface area contributed by atoms with Crippen LogP contribution >= 0.6 is 7.60 Å². The third kappa shape index (κ3) is 8.66. The van der Waals surface area contributed by atoms with Crippen LogP contribution in [0.3, 0.4) is 0 Å². The zero-order chi connectivity index (χ0) is 34.8. The van der Waals surface area contributed by atoms with Crippen LogP contribution in [0.4, 0.5) is 0 Å². The lowest BCUT2D eigenvalue weighted by atomic mass is 10.1. The predicted molar refractivity (Wildman–Crippen MR) is 183 cm³/mol. The van der Waals surface area contributed by atoms with E-state index >= 15 is 0 Å². The van der Waals surface area contributed by atoms with Gasteiger partial charge in [0.1, 0.15) is 24.7 Å². The number of oxazole rings is 1. The van der Waals surface area contributed by atoms with Crippen molar-refractivity contribution in [3.8, 4) is 34.5 Å². The summed E-state index contributed by atoms with van der Waals surface area (Å²) >= 11 is 0. The molecule has 12 nitrogen and oxygen atoms in total. The number of carbonyl (C=O) groups excluding carboxylic acids is 1. The Labute approximate surface area is 284 Å². The maximum absolute atomic E-state index is 13.1. The molecule has 0 amide bonds. The van der Waals surface area contributed by atoms with E-state index in [9.17, 15) is 9.36 Å². The van der Waals surface area contributed by atoms with Crippen molar-refractivity contribution in [1.29, 1.82) is 0 Å². The van der Waals surface area contributed by atoms with Crippen LogP contribution in [0.25, 0.3) is 23.2 Å². The summed E-state index contributed by atoms with van der Waals surface area (Å²) in [4.78, 5) is 16.8. The number of nitrogens with zero attached hydrogens (tertiary/aromatic N) is 3. The van der Waals surface area contributed by atoms with Gasteiger partial charge >= 0.3 is 13.6 Å². The minimum absolute atomic E-state index is 0.0991. The van der Waals surface area contributed by atoms with Gasteiger partial charge in [-0.2, -0.15) is 0 Å². The molecule has 2 heterocycles. The van der Waals surface area contributed by atoms with E-state index in [2.05, 4.69) is 10.1 Å². The lowest BCUT2D eigenvalue weighted by Gasteiger charge is -2.13. The largest absolute Gasteiger partial charge is 0.493 e. The Morgan fingerprint density at radius 1 is 0.918 bits per heavy atom. The number of methoxy groups -OCH3 is 2. The monoisotopic (exact) mass is 687 g/mol. The molecule has 0 aliphatic carbocycles. The molecule has 2 aromatic heterocycles. The van der Waals surface area contributed by atoms with Crippen molar-refractivity contribution in [2.45, 2.75) is 34.0 Å². The number of benzene rings is 3. The first-order chi connectivity index (χ1) is 23.8. The molecule has 5 rings (SSSR count). The highest BCUT2D eigenvalue weighted by Crippen LogP contribution is 2.50. The normalized spacial score (nSPS) is 11.5. The number of carbonyl (C=O) groups is 1. The Hall–Kier alpha value is -5.16. The fourth-order valence-corrected chi connectivity index (χ4v) is 6.13. The minimum Gasteiger partial charge on any atom is -0.493 e. The van der Waals surface area contributed by atoms with Crippen molar-refractivity contribution >= 4 is 19.6 Å². The van der Waals surface area contributed by atoms with Crippen LogP contribution in [0, 0.1) is 6.92 Å². The fraction of sp³-hybridized carbons (Fsp3) is 0.250. The summed E-state index contributed by atoms with van der Waals surface area (Å²) in [7, 11) is -0.571. The molecule has 0 saturated heterocycles. The van der Waals surface area contributed by atoms with Crippen molar-refractivity contribution in [3.63, 3.8) is 0 Å². The molecule has 0 saturated carbocycles. The molecule has 0 radical (unpaired) electrons. The second kappa shape index (κ2) is 16.3. The summed E-state index contributed by atoms with van der Waals surface area (Å²) in [6, 6.07) is 22.0. The Bertz CT molecular complexity index is 1940. The number of aromatic nitrogens is 3. The number of aryl methyl sites for hydroxylation is 1. The summed E-state index contributed by atoms with van der Waals surface area (Å²) in [6.07, 6.45) is 3.42. The highest BCUT2D eigenvalue weighted by Gasteiger charge is 2.21. The van der Waals surface area contributed by atoms with Crippen molar-refractivity contribution in [2.24, 2.45) is 0 Å². The van der Waals surface area contributed by atoms with Crippen LogP contribution < -0.4 is 14.2 Å². The maximum atomic E-state index is 13.1. The van der Waals surface area contributed by atoms with Gasteiger partial charge in [0.25, 0.3) is 0 Å². The maximum Gasteiger partial charge on any atom is 0.354 e. The molecule has 256 valence electrons. The quantitative estimate of drug-likeness (QED) is 0.0737. The van der Waals surface area contributed by atoms with E-state index in [1.807, 2.05) is 42.5 Å². The summed E-state index contributed by atoms with van der Waals surface area (Å²) < 4.78 is 54.2. The molecule has 0 aliphatic heterocycles. The first kappa shape index (κ1) is 35.2. The molecule has 13 heteroatoms. The zero-order valence-corrected chi connectivity index (χ0v) is 28.8. The van der Waals surface area contributed by atoms with Gasteiger partial charge in [0, 0.05) is 12.0 Å². The molecule has 5 aromatic rings. The molecule has 0 unspecified atom stereocenters. The fourth-order valence-electron chi connectivity index (χ4n) is 4.82. The number of esters is 1. The minimum atomic E-state index is -3.45. The standard InChI is InChI=1S/C36H38N3O9P/c1-6-46-49(41,47-7-2)20-19-27-22-39(28-13-9-8-10-14-28)38-34(27)45-23-26-17-18-32(33(21-26)42-4)44-24-31-25(3)48-35(37-31)29-15-11-12-16-30(29)36(40)43-5/h8-22H,6-7,23-24H2,1-5H3. The second-order valence-corrected chi connectivity index (χ2v) is 12.4. The molecule has 0 spiro atoms. The number of rotatable bonds is 16. The molecular formula is C36H38N3O9P. The Balaban J connectivity index is 1.32. The third-order valence-electron chi connectivity index (χ3n) is 7.21. The summed E-state index contributed by atoms with van der Waals surface area (Å²) in [5.41, 5.74) is 3.65. The van der Waals surface area contributed by atoms with Gasteiger partial charge in [-0.1, -0.05) is 36.4 Å². The number of para-hydroxylation sites is 1. The van der Waals surface area contributed by atoms with E-state index < -0.39 is 13.6 Å². The average Bonchev–Trinajstić information content (AvgIpc) is 3.72. The van der Waals surface area contributed by atoms with Gasteiger partial charge < -0.3 is 32.4 Å². The van der Waals surface area contributed by atoms with E-state index in [4.69, 9.17) is 32.4 Å². The molecule has 0 atom stereocenters. The Morgan fingerprint density at radius 3 is 2.37 bits per heavy atom. The molecule has 49 heavy (non-hydrogen) atoms. The second-order valence-electron chi connectivity index (χ2n) is 10.5. The zero-order valence-electron chi connectivity index (χ0n) is 28.0. The summed E-state index contributed by atoms with van der Waals surface area (Å²) in [6.45, 7) is 6.02. The molecule has 3 aromatic carbocycles. The van der Waals surface area contributed by atoms with Crippen LogP contribution in [0.15, 0.2) is 89.2 Å². The van der Waals surface area contributed by atoms with Crippen LogP contribution in [0.2, 0.25) is 0 Å². The van der Waals surface area contributed by atoms with Crippen LogP contribution in [0.1, 0.15) is 46.8 Å². The molecular weight excluding hydrogens is 649 g/mol. The van der Waals surface area contributed by atoms with E-state index in [0.717, 1.165) is 11.3 Å². The van der Waals surface area contributed by atoms with Gasteiger partial charge in [0.15, 0.2) is 11.5 Å². The van der Waals surface area contributed by atoms with Gasteiger partial charge in [-0.3, -0.25) is 4.57 Å². The smallest absolute Gasteiger partial charge is 0.354 e. The predicted octanol–water partition coefficient (Wildman–Crippen LogP) is 8.03. The van der Waals surface area contributed by atoms with Crippen molar-refractivity contribution in [2.75, 3.05) is 27.4 Å². The van der Waals surface area contributed by atoms with E-state index in [0.29, 0.717) is 51.4 Å². The molecule has 0 fully saturated rings. The lowest BCUT2D eigenvalue weighted by Crippen LogP contribution is -2.03. The third-order valence-corrected chi connectivity index (χ3v) is 8.96. The van der Waals surface area contributed by atoms with E-state index in [-0.39, 0.29) is 26.4 Å². The van der Waals surface area contributed by atoms with Gasteiger partial charge in [-0.15, -0.1) is 5.10 Å². The van der Waals surface area contributed by atoms with Gasteiger partial charge in [-0.05, 0) is 68.8 Å². The first-order valence-corrected chi connectivity index (χ1v) is 17.2. The molecule has 0 aliphatic rings. The lowest BCUT2D eigenvalue weighted by molar-refractivity contribution is 0.0601. The van der Waals surface area contributed by atoms with E-state index in [1.54, 1.807) is 75.2 Å². The van der Waals surface area contributed by atoms with Crippen molar-refractivity contribution in [3.05, 3.63) is 113 Å². The molecule has 0 bridgehead atoms. The SMILES string of the molecule is CCOP(=O)(C=Cc1cn(-c2ccccc2)nc1OCc1ccc(OCc2nc(-c3ccccc3C(=O)OC)oc2C)c(OC)c1)OCC. The summed E-state index contributed by atoms with van der Waals surface area (Å²) in [5, 5.41) is 4.64. The van der Waals surface area contributed by atoms with Gasteiger partial charge in [-0.25, -0.2) is 14.5 Å². The van der Waals surface area contributed by atoms with Crippen LogP contribution in [0.5, 0.6) is 17.4 Å².